The predicted octanol–water partition coefficient (Wildman–Crippen LogP) is 3.24. The molecular weight excluding hydrogens is 324 g/mol. The highest BCUT2D eigenvalue weighted by Crippen LogP contribution is 2.30. The maximum Gasteiger partial charge on any atom is 0.262 e. The highest BCUT2D eigenvalue weighted by molar-refractivity contribution is 7.21. The molecule has 1 aromatic carbocycles. The van der Waals surface area contributed by atoms with Crippen LogP contribution in [0.4, 0.5) is 0 Å². The smallest absolute Gasteiger partial charge is 0.262 e. The molecular formula is C18H18N2O3S. The van der Waals surface area contributed by atoms with E-state index in [-0.39, 0.29) is 11.8 Å². The number of amides is 2. The quantitative estimate of drug-likeness (QED) is 0.748. The van der Waals surface area contributed by atoms with Crippen molar-refractivity contribution < 1.29 is 14.0 Å². The van der Waals surface area contributed by atoms with Gasteiger partial charge in [-0.3, -0.25) is 9.59 Å². The highest BCUT2D eigenvalue weighted by Gasteiger charge is 2.20. The average molecular weight is 342 g/mol. The molecule has 2 heterocycles. The van der Waals surface area contributed by atoms with Gasteiger partial charge in [0.25, 0.3) is 5.91 Å². The van der Waals surface area contributed by atoms with Crippen molar-refractivity contribution in [1.29, 1.82) is 0 Å². The Morgan fingerprint density at radius 2 is 2.00 bits per heavy atom. The van der Waals surface area contributed by atoms with E-state index in [1.165, 1.54) is 11.3 Å². The summed E-state index contributed by atoms with van der Waals surface area (Å²) in [6, 6.07) is 10.8. The average Bonchev–Trinajstić information content (AvgIpc) is 3.21. The van der Waals surface area contributed by atoms with Crippen LogP contribution < -0.4 is 10.6 Å². The van der Waals surface area contributed by atoms with Crippen LogP contribution in [0.1, 0.15) is 27.9 Å². The third-order valence-electron chi connectivity index (χ3n) is 3.81. The van der Waals surface area contributed by atoms with E-state index in [0.29, 0.717) is 17.2 Å². The van der Waals surface area contributed by atoms with E-state index in [2.05, 4.69) is 10.6 Å². The van der Waals surface area contributed by atoms with E-state index >= 15 is 0 Å². The second kappa shape index (κ2) is 6.88. The number of carbonyl (C=O) groups excluding carboxylic acids is 2. The largest absolute Gasteiger partial charge is 0.467 e. The fourth-order valence-electron chi connectivity index (χ4n) is 2.46. The van der Waals surface area contributed by atoms with Crippen molar-refractivity contribution >= 4 is 33.2 Å². The van der Waals surface area contributed by atoms with E-state index in [1.807, 2.05) is 31.2 Å². The molecule has 24 heavy (non-hydrogen) atoms. The summed E-state index contributed by atoms with van der Waals surface area (Å²) in [5.74, 6) is 0.190. The molecule has 0 bridgehead atoms. The molecule has 124 valence electrons. The standard InChI is InChI=1S/C18H18N2O3S/c1-11-14-7-3-4-8-15(14)24-16(11)18(22)20-12(2)17(21)19-10-13-6-5-9-23-13/h3-9,12H,10H2,1-2H3,(H,19,21)(H,20,22)/t12-/m0/s1. The highest BCUT2D eigenvalue weighted by atomic mass is 32.1. The SMILES string of the molecule is Cc1c(C(=O)N[C@@H](C)C(=O)NCc2ccco2)sc2ccccc12. The molecule has 0 aliphatic rings. The van der Waals surface area contributed by atoms with Crippen molar-refractivity contribution in [3.05, 3.63) is 58.9 Å². The second-order valence-corrected chi connectivity index (χ2v) is 6.60. The summed E-state index contributed by atoms with van der Waals surface area (Å²) in [5.41, 5.74) is 0.941. The summed E-state index contributed by atoms with van der Waals surface area (Å²) >= 11 is 1.44. The van der Waals surface area contributed by atoms with Gasteiger partial charge in [-0.1, -0.05) is 18.2 Å². The lowest BCUT2D eigenvalue weighted by molar-refractivity contribution is -0.122. The van der Waals surface area contributed by atoms with Crippen LogP contribution in [-0.2, 0) is 11.3 Å². The Kier molecular flexibility index (Phi) is 4.66. The van der Waals surface area contributed by atoms with E-state index < -0.39 is 6.04 Å². The van der Waals surface area contributed by atoms with Gasteiger partial charge in [0.05, 0.1) is 17.7 Å². The first kappa shape index (κ1) is 16.3. The van der Waals surface area contributed by atoms with Gasteiger partial charge in [-0.2, -0.15) is 0 Å². The molecule has 0 aliphatic carbocycles. The van der Waals surface area contributed by atoms with Crippen molar-refractivity contribution in [2.45, 2.75) is 26.4 Å². The number of furan rings is 1. The minimum absolute atomic E-state index is 0.227. The molecule has 5 nitrogen and oxygen atoms in total. The number of carbonyl (C=O) groups is 2. The minimum Gasteiger partial charge on any atom is -0.467 e. The van der Waals surface area contributed by atoms with Gasteiger partial charge in [-0.15, -0.1) is 11.3 Å². The Bertz CT molecular complexity index is 868. The summed E-state index contributed by atoms with van der Waals surface area (Å²) in [6.07, 6.45) is 1.55. The molecule has 2 N–H and O–H groups in total. The first-order valence-electron chi connectivity index (χ1n) is 7.65. The van der Waals surface area contributed by atoms with Crippen LogP contribution in [-0.4, -0.2) is 17.9 Å². The molecule has 0 unspecified atom stereocenters. The summed E-state index contributed by atoms with van der Waals surface area (Å²) in [4.78, 5) is 25.2. The number of fused-ring (bicyclic) bond motifs is 1. The van der Waals surface area contributed by atoms with Crippen molar-refractivity contribution in [3.63, 3.8) is 0 Å². The molecule has 3 rings (SSSR count). The molecule has 0 saturated carbocycles. The van der Waals surface area contributed by atoms with Gasteiger partial charge < -0.3 is 15.1 Å². The Morgan fingerprint density at radius 1 is 1.21 bits per heavy atom. The summed E-state index contributed by atoms with van der Waals surface area (Å²) in [6.45, 7) is 3.89. The fraction of sp³-hybridized carbons (Fsp3) is 0.222. The number of hydrogen-bond acceptors (Lipinski definition) is 4. The predicted molar refractivity (Wildman–Crippen MR) is 94.0 cm³/mol. The number of thiophene rings is 1. The number of rotatable bonds is 5. The zero-order valence-electron chi connectivity index (χ0n) is 13.5. The lowest BCUT2D eigenvalue weighted by atomic mass is 10.1. The molecule has 0 spiro atoms. The van der Waals surface area contributed by atoms with Crippen LogP contribution in [0.25, 0.3) is 10.1 Å². The summed E-state index contributed by atoms with van der Waals surface area (Å²) in [5, 5.41) is 6.57. The van der Waals surface area contributed by atoms with Gasteiger partial charge in [0.15, 0.2) is 0 Å². The zero-order valence-corrected chi connectivity index (χ0v) is 14.3. The van der Waals surface area contributed by atoms with Crippen LogP contribution in [0.3, 0.4) is 0 Å². The maximum atomic E-state index is 12.5. The number of benzene rings is 1. The second-order valence-electron chi connectivity index (χ2n) is 5.54. The molecule has 0 saturated heterocycles. The zero-order chi connectivity index (χ0) is 17.1. The van der Waals surface area contributed by atoms with E-state index in [9.17, 15) is 9.59 Å². The summed E-state index contributed by atoms with van der Waals surface area (Å²) < 4.78 is 6.23. The lowest BCUT2D eigenvalue weighted by Crippen LogP contribution is -2.44. The lowest BCUT2D eigenvalue weighted by Gasteiger charge is -2.13. The van der Waals surface area contributed by atoms with Gasteiger partial charge in [-0.25, -0.2) is 0 Å². The molecule has 0 aliphatic heterocycles. The third kappa shape index (κ3) is 3.33. The first-order valence-corrected chi connectivity index (χ1v) is 8.47. The van der Waals surface area contributed by atoms with Crippen LogP contribution in [0.5, 0.6) is 0 Å². The van der Waals surface area contributed by atoms with Gasteiger partial charge in [0.1, 0.15) is 11.8 Å². The third-order valence-corrected chi connectivity index (χ3v) is 5.08. The van der Waals surface area contributed by atoms with Gasteiger partial charge in [0.2, 0.25) is 5.91 Å². The van der Waals surface area contributed by atoms with Crippen LogP contribution >= 0.6 is 11.3 Å². The molecule has 6 heteroatoms. The molecule has 2 amide bonds. The molecule has 2 aromatic heterocycles. The summed E-state index contributed by atoms with van der Waals surface area (Å²) in [7, 11) is 0. The van der Waals surface area contributed by atoms with E-state index in [0.717, 1.165) is 15.6 Å². The molecule has 1 atom stereocenters. The van der Waals surface area contributed by atoms with Crippen LogP contribution in [0.2, 0.25) is 0 Å². The van der Waals surface area contributed by atoms with E-state index in [1.54, 1.807) is 25.3 Å². The van der Waals surface area contributed by atoms with Gasteiger partial charge >= 0.3 is 0 Å². The maximum absolute atomic E-state index is 12.5. The van der Waals surface area contributed by atoms with Crippen molar-refractivity contribution in [2.75, 3.05) is 0 Å². The number of nitrogens with one attached hydrogen (secondary N) is 2. The molecule has 3 aromatic rings. The van der Waals surface area contributed by atoms with Crippen molar-refractivity contribution in [1.82, 2.24) is 10.6 Å². The van der Waals surface area contributed by atoms with Crippen molar-refractivity contribution in [2.24, 2.45) is 0 Å². The monoisotopic (exact) mass is 342 g/mol. The van der Waals surface area contributed by atoms with Crippen molar-refractivity contribution in [3.8, 4) is 0 Å². The minimum atomic E-state index is -0.628. The topological polar surface area (TPSA) is 71.3 Å². The van der Waals surface area contributed by atoms with E-state index in [4.69, 9.17) is 4.42 Å². The first-order chi connectivity index (χ1) is 11.6. The van der Waals surface area contributed by atoms with Crippen LogP contribution in [0.15, 0.2) is 47.1 Å². The Labute approximate surface area is 143 Å². The molecule has 0 radical (unpaired) electrons. The Hall–Kier alpha value is -2.60. The normalized spacial score (nSPS) is 12.1. The van der Waals surface area contributed by atoms with Gasteiger partial charge in [-0.05, 0) is 43.0 Å². The molecule has 0 fully saturated rings. The number of hydrogen-bond donors (Lipinski definition) is 2. The fourth-order valence-corrected chi connectivity index (χ4v) is 3.57. The number of aryl methyl sites for hydroxylation is 1. The van der Waals surface area contributed by atoms with Gasteiger partial charge in [0, 0.05) is 4.70 Å². The Balaban J connectivity index is 1.64. The Morgan fingerprint density at radius 3 is 2.71 bits per heavy atom. The van der Waals surface area contributed by atoms with Crippen LogP contribution in [0, 0.1) is 6.92 Å².